The number of carbonyl (C=O) groups is 2. The van der Waals surface area contributed by atoms with E-state index in [9.17, 15) is 9.59 Å². The molecule has 0 aromatic heterocycles. The number of rotatable bonds is 6. The van der Waals surface area contributed by atoms with Crippen LogP contribution < -0.4 is 4.90 Å². The first-order valence-corrected chi connectivity index (χ1v) is 10.5. The number of anilines is 1. The van der Waals surface area contributed by atoms with Crippen LogP contribution in [0.3, 0.4) is 0 Å². The summed E-state index contributed by atoms with van der Waals surface area (Å²) in [7, 11) is 0. The maximum Gasteiger partial charge on any atom is 0.278 e. The van der Waals surface area contributed by atoms with Crippen LogP contribution in [0.1, 0.15) is 36.1 Å². The van der Waals surface area contributed by atoms with E-state index in [-0.39, 0.29) is 24.5 Å². The minimum absolute atomic E-state index is 0.0505. The molecule has 5 nitrogen and oxygen atoms in total. The predicted octanol–water partition coefficient (Wildman–Crippen LogP) is 3.87. The van der Waals surface area contributed by atoms with Gasteiger partial charge < -0.3 is 9.64 Å². The second-order valence-corrected chi connectivity index (χ2v) is 8.25. The Morgan fingerprint density at radius 1 is 1.03 bits per heavy atom. The van der Waals surface area contributed by atoms with E-state index in [0.29, 0.717) is 24.4 Å². The molecular weight excluding hydrogens is 376 g/mol. The molecule has 0 atom stereocenters. The Labute approximate surface area is 177 Å². The molecular formula is C25H28N2O3. The molecule has 2 aromatic rings. The van der Waals surface area contributed by atoms with Gasteiger partial charge in [0.25, 0.3) is 11.8 Å². The quantitative estimate of drug-likeness (QED) is 0.686. The van der Waals surface area contributed by atoms with Crippen molar-refractivity contribution in [3.05, 3.63) is 70.4 Å². The van der Waals surface area contributed by atoms with E-state index in [1.165, 1.54) is 10.5 Å². The molecule has 0 fully saturated rings. The van der Waals surface area contributed by atoms with Gasteiger partial charge in [-0.1, -0.05) is 42.0 Å². The monoisotopic (exact) mass is 404 g/mol. The highest BCUT2D eigenvalue weighted by Gasteiger charge is 2.43. The van der Waals surface area contributed by atoms with Gasteiger partial charge in [0.2, 0.25) is 0 Å². The van der Waals surface area contributed by atoms with Crippen LogP contribution in [0.25, 0.3) is 5.57 Å². The van der Waals surface area contributed by atoms with Crippen LogP contribution in [0, 0.1) is 13.8 Å². The lowest BCUT2D eigenvalue weighted by molar-refractivity contribution is -0.138. The number of hydrogen-bond donors (Lipinski definition) is 0. The Morgan fingerprint density at radius 3 is 2.53 bits per heavy atom. The van der Waals surface area contributed by atoms with Crippen LogP contribution >= 0.6 is 0 Å². The molecule has 0 unspecified atom stereocenters. The molecule has 0 aliphatic carbocycles. The van der Waals surface area contributed by atoms with Gasteiger partial charge in [0, 0.05) is 12.2 Å². The molecule has 2 aromatic carbocycles. The van der Waals surface area contributed by atoms with Gasteiger partial charge in [0.15, 0.2) is 0 Å². The van der Waals surface area contributed by atoms with Crippen LogP contribution in [0.4, 0.5) is 5.69 Å². The maximum absolute atomic E-state index is 13.5. The SMILES string of the molecule is Cc1ccc(C2=C(N3CCc4ccccc43)C(=O)N(CCOC(C)C)C2=O)c(C)c1. The number of imide groups is 1. The van der Waals surface area contributed by atoms with Gasteiger partial charge in [-0.15, -0.1) is 0 Å². The Balaban J connectivity index is 1.79. The number of ether oxygens (including phenoxy) is 1. The van der Waals surface area contributed by atoms with Gasteiger partial charge in [0.05, 0.1) is 24.8 Å². The standard InChI is InChI=1S/C25H28N2O3/c1-16(2)30-14-13-27-24(28)22(20-10-9-17(3)15-18(20)4)23(25(27)29)26-12-11-19-7-5-6-8-21(19)26/h5-10,15-16H,11-14H2,1-4H3. The number of nitrogens with zero attached hydrogens (tertiary/aromatic N) is 2. The van der Waals surface area contributed by atoms with E-state index in [2.05, 4.69) is 12.1 Å². The van der Waals surface area contributed by atoms with E-state index >= 15 is 0 Å². The summed E-state index contributed by atoms with van der Waals surface area (Å²) in [5.41, 5.74) is 6.15. The third-order valence-electron chi connectivity index (χ3n) is 5.72. The number of para-hydroxylation sites is 1. The summed E-state index contributed by atoms with van der Waals surface area (Å²) < 4.78 is 5.62. The highest BCUT2D eigenvalue weighted by Crippen LogP contribution is 2.39. The van der Waals surface area contributed by atoms with Crippen molar-refractivity contribution < 1.29 is 14.3 Å². The Kier molecular flexibility index (Phi) is 5.48. The number of aryl methyl sites for hydroxylation is 2. The second-order valence-electron chi connectivity index (χ2n) is 8.25. The van der Waals surface area contributed by atoms with E-state index < -0.39 is 0 Å². The van der Waals surface area contributed by atoms with Crippen LogP contribution in [-0.2, 0) is 20.7 Å². The van der Waals surface area contributed by atoms with Crippen molar-refractivity contribution in [3.8, 4) is 0 Å². The fourth-order valence-corrected chi connectivity index (χ4v) is 4.30. The Bertz CT molecular complexity index is 1040. The molecule has 30 heavy (non-hydrogen) atoms. The minimum atomic E-state index is -0.237. The number of amides is 2. The topological polar surface area (TPSA) is 49.9 Å². The zero-order valence-corrected chi connectivity index (χ0v) is 18.1. The molecule has 0 bridgehead atoms. The lowest BCUT2D eigenvalue weighted by Crippen LogP contribution is -2.37. The largest absolute Gasteiger partial charge is 0.377 e. The Hall–Kier alpha value is -2.92. The third kappa shape index (κ3) is 3.54. The first-order valence-electron chi connectivity index (χ1n) is 10.5. The zero-order valence-electron chi connectivity index (χ0n) is 18.1. The molecule has 0 saturated carbocycles. The van der Waals surface area contributed by atoms with Gasteiger partial charge in [0.1, 0.15) is 5.70 Å². The fourth-order valence-electron chi connectivity index (χ4n) is 4.30. The van der Waals surface area contributed by atoms with Crippen LogP contribution in [0.15, 0.2) is 48.2 Å². The van der Waals surface area contributed by atoms with Crippen molar-refractivity contribution in [2.24, 2.45) is 0 Å². The first-order chi connectivity index (χ1) is 14.4. The fraction of sp³-hybridized carbons (Fsp3) is 0.360. The summed E-state index contributed by atoms with van der Waals surface area (Å²) in [4.78, 5) is 30.3. The van der Waals surface area contributed by atoms with Crippen molar-refractivity contribution in [3.63, 3.8) is 0 Å². The Morgan fingerprint density at radius 2 is 1.80 bits per heavy atom. The number of fused-ring (bicyclic) bond motifs is 1. The van der Waals surface area contributed by atoms with Crippen molar-refractivity contribution >= 4 is 23.1 Å². The molecule has 2 aliphatic heterocycles. The van der Waals surface area contributed by atoms with Crippen LogP contribution in [0.2, 0.25) is 0 Å². The molecule has 4 rings (SSSR count). The number of hydrogen-bond acceptors (Lipinski definition) is 4. The molecule has 2 heterocycles. The predicted molar refractivity (Wildman–Crippen MR) is 118 cm³/mol. The lowest BCUT2D eigenvalue weighted by Gasteiger charge is -2.22. The van der Waals surface area contributed by atoms with Crippen LogP contribution in [0.5, 0.6) is 0 Å². The van der Waals surface area contributed by atoms with E-state index in [4.69, 9.17) is 4.74 Å². The highest BCUT2D eigenvalue weighted by atomic mass is 16.5. The summed E-state index contributed by atoms with van der Waals surface area (Å²) in [6.45, 7) is 9.19. The summed E-state index contributed by atoms with van der Waals surface area (Å²) >= 11 is 0. The second kappa shape index (κ2) is 8.07. The van der Waals surface area contributed by atoms with E-state index in [1.54, 1.807) is 0 Å². The van der Waals surface area contributed by atoms with Crippen molar-refractivity contribution in [2.45, 2.75) is 40.2 Å². The molecule has 5 heteroatoms. The van der Waals surface area contributed by atoms with Crippen LogP contribution in [-0.4, -0.2) is 42.5 Å². The van der Waals surface area contributed by atoms with Gasteiger partial charge in [-0.2, -0.15) is 0 Å². The third-order valence-corrected chi connectivity index (χ3v) is 5.72. The first kappa shape index (κ1) is 20.4. The molecule has 2 aliphatic rings. The van der Waals surface area contributed by atoms with E-state index in [0.717, 1.165) is 28.8 Å². The zero-order chi connectivity index (χ0) is 21.4. The maximum atomic E-state index is 13.5. The van der Waals surface area contributed by atoms with Gasteiger partial charge in [-0.05, 0) is 56.9 Å². The number of benzene rings is 2. The minimum Gasteiger partial charge on any atom is -0.377 e. The highest BCUT2D eigenvalue weighted by molar-refractivity contribution is 6.37. The summed E-state index contributed by atoms with van der Waals surface area (Å²) in [6.07, 6.45) is 0.909. The normalized spacial score (nSPS) is 16.3. The molecule has 0 saturated heterocycles. The van der Waals surface area contributed by atoms with Crippen molar-refractivity contribution in [1.82, 2.24) is 4.90 Å². The van der Waals surface area contributed by atoms with Gasteiger partial charge >= 0.3 is 0 Å². The number of carbonyl (C=O) groups excluding carboxylic acids is 2. The van der Waals surface area contributed by atoms with Crippen molar-refractivity contribution in [1.29, 1.82) is 0 Å². The molecule has 0 spiro atoms. The van der Waals surface area contributed by atoms with Gasteiger partial charge in [-0.3, -0.25) is 14.5 Å². The lowest BCUT2D eigenvalue weighted by atomic mass is 9.97. The molecule has 0 N–H and O–H groups in total. The smallest absolute Gasteiger partial charge is 0.278 e. The summed E-state index contributed by atoms with van der Waals surface area (Å²) in [6, 6.07) is 14.1. The molecule has 0 radical (unpaired) electrons. The average Bonchev–Trinajstić information content (AvgIpc) is 3.22. The van der Waals surface area contributed by atoms with E-state index in [1.807, 2.05) is 62.9 Å². The molecule has 156 valence electrons. The van der Waals surface area contributed by atoms with Gasteiger partial charge in [-0.25, -0.2) is 0 Å². The summed E-state index contributed by atoms with van der Waals surface area (Å²) in [5.74, 6) is -0.474. The van der Waals surface area contributed by atoms with Crippen molar-refractivity contribution in [2.75, 3.05) is 24.6 Å². The summed E-state index contributed by atoms with van der Waals surface area (Å²) in [5, 5.41) is 0. The molecule has 2 amide bonds. The average molecular weight is 405 g/mol.